The monoisotopic (exact) mass is 657 g/mol. The summed E-state index contributed by atoms with van der Waals surface area (Å²) in [6.45, 7) is 12.3. The summed E-state index contributed by atoms with van der Waals surface area (Å²) in [5.41, 5.74) is 0.759. The highest BCUT2D eigenvalue weighted by molar-refractivity contribution is 9.09. The zero-order valence-electron chi connectivity index (χ0n) is 24.7. The molecule has 0 aromatic heterocycles. The summed E-state index contributed by atoms with van der Waals surface area (Å²) in [4.78, 5) is 49.4. The standard InChI is InChI=1S/C33H44BrN3O4S/c1-5-17-35(22-13-9-7-10-14-22)30(39)26-27-31(40)37(25(20-38)21(3)4)29(33(27)19-24(34)28(26)42-33)32(41)36(18-6-2)23-15-11-8-12-16-23/h5-7,9-10,13-14,21,23-29,38H,1-2,8,11-12,15-20H2,3-4H3/t24?,25-,26+,27-,28+,29?,33?/m0/s1. The van der Waals surface area contributed by atoms with Gasteiger partial charge in [0.05, 0.1) is 29.2 Å². The molecule has 4 aliphatic rings. The van der Waals surface area contributed by atoms with Crippen LogP contribution in [0.25, 0.3) is 0 Å². The van der Waals surface area contributed by atoms with Gasteiger partial charge in [0, 0.05) is 34.9 Å². The maximum Gasteiger partial charge on any atom is 0.247 e. The molecule has 9 heteroatoms. The van der Waals surface area contributed by atoms with Crippen molar-refractivity contribution in [2.45, 2.75) is 85.3 Å². The predicted octanol–water partition coefficient (Wildman–Crippen LogP) is 5.03. The van der Waals surface area contributed by atoms with Crippen LogP contribution in [0.3, 0.4) is 0 Å². The van der Waals surface area contributed by atoms with E-state index in [2.05, 4.69) is 29.1 Å². The number of likely N-dealkylation sites (tertiary alicyclic amines) is 1. The fourth-order valence-corrected chi connectivity index (χ4v) is 11.5. The molecule has 1 N–H and O–H groups in total. The number of carbonyl (C=O) groups is 3. The number of aliphatic hydroxyl groups excluding tert-OH is 1. The van der Waals surface area contributed by atoms with Crippen molar-refractivity contribution in [2.75, 3.05) is 24.6 Å². The fourth-order valence-electron chi connectivity index (χ4n) is 7.95. The Bertz CT molecular complexity index is 1190. The van der Waals surface area contributed by atoms with Gasteiger partial charge in [0.1, 0.15) is 6.04 Å². The highest BCUT2D eigenvalue weighted by atomic mass is 79.9. The highest BCUT2D eigenvalue weighted by Gasteiger charge is 2.76. The second kappa shape index (κ2) is 12.9. The molecule has 1 aliphatic carbocycles. The molecule has 5 rings (SSSR count). The molecule has 3 unspecified atom stereocenters. The van der Waals surface area contributed by atoms with Crippen molar-refractivity contribution in [3.63, 3.8) is 0 Å². The second-order valence-electron chi connectivity index (χ2n) is 12.5. The third kappa shape index (κ3) is 5.17. The average molecular weight is 659 g/mol. The number of nitrogens with zero attached hydrogens (tertiary/aromatic N) is 3. The molecule has 3 amide bonds. The lowest BCUT2D eigenvalue weighted by atomic mass is 9.70. The Morgan fingerprint density at radius 3 is 2.38 bits per heavy atom. The minimum Gasteiger partial charge on any atom is -0.394 e. The van der Waals surface area contributed by atoms with Gasteiger partial charge in [-0.1, -0.05) is 79.4 Å². The number of benzene rings is 1. The minimum absolute atomic E-state index is 0.0220. The van der Waals surface area contributed by atoms with Crippen LogP contribution in [0.2, 0.25) is 0 Å². The Kier molecular flexibility index (Phi) is 9.60. The first-order chi connectivity index (χ1) is 20.2. The third-order valence-corrected chi connectivity index (χ3v) is 13.0. The topological polar surface area (TPSA) is 81.2 Å². The van der Waals surface area contributed by atoms with E-state index in [1.165, 1.54) is 6.42 Å². The number of hydrogen-bond donors (Lipinski definition) is 1. The molecule has 4 fully saturated rings. The fraction of sp³-hybridized carbons (Fsp3) is 0.606. The lowest BCUT2D eigenvalue weighted by molar-refractivity contribution is -0.148. The third-order valence-electron chi connectivity index (χ3n) is 9.83. The molecule has 7 atom stereocenters. The molecule has 2 bridgehead atoms. The van der Waals surface area contributed by atoms with E-state index in [9.17, 15) is 19.5 Å². The van der Waals surface area contributed by atoms with E-state index >= 15 is 0 Å². The van der Waals surface area contributed by atoms with E-state index in [0.29, 0.717) is 19.5 Å². The number of carbonyl (C=O) groups excluding carboxylic acids is 3. The SMILES string of the molecule is C=CCN(C(=O)[C@H]1[C@@H]2SC3(CC2Br)C(C(=O)N(CC=C)C2CCCCC2)N([C@@H](CO)C(C)C)C(=O)[C@H]13)c1ccccc1. The number of halogens is 1. The second-order valence-corrected chi connectivity index (χ2v) is 15.3. The summed E-state index contributed by atoms with van der Waals surface area (Å²) in [6, 6.07) is 8.33. The van der Waals surface area contributed by atoms with Gasteiger partial charge in [-0.2, -0.15) is 0 Å². The Morgan fingerprint density at radius 1 is 1.12 bits per heavy atom. The van der Waals surface area contributed by atoms with Crippen molar-refractivity contribution in [3.8, 4) is 0 Å². The number of thioether (sulfide) groups is 1. The van der Waals surface area contributed by atoms with Crippen molar-refractivity contribution >= 4 is 51.1 Å². The molecule has 1 aromatic rings. The van der Waals surface area contributed by atoms with E-state index in [1.807, 2.05) is 49.1 Å². The van der Waals surface area contributed by atoms with Crippen LogP contribution in [-0.4, -0.2) is 85.3 Å². The smallest absolute Gasteiger partial charge is 0.247 e. The number of aliphatic hydroxyl groups is 1. The van der Waals surface area contributed by atoms with Gasteiger partial charge in [-0.3, -0.25) is 14.4 Å². The number of para-hydroxylation sites is 1. The zero-order chi connectivity index (χ0) is 30.2. The average Bonchev–Trinajstić information content (AvgIpc) is 3.58. The van der Waals surface area contributed by atoms with Gasteiger partial charge in [-0.05, 0) is 37.3 Å². The van der Waals surface area contributed by atoms with Crippen LogP contribution in [0.1, 0.15) is 52.4 Å². The zero-order valence-corrected chi connectivity index (χ0v) is 27.1. The van der Waals surface area contributed by atoms with Crippen LogP contribution in [0.5, 0.6) is 0 Å². The molecular formula is C33H44BrN3O4S. The first-order valence-electron chi connectivity index (χ1n) is 15.3. The van der Waals surface area contributed by atoms with Crippen LogP contribution in [0, 0.1) is 17.8 Å². The summed E-state index contributed by atoms with van der Waals surface area (Å²) in [5, 5.41) is 10.4. The lowest BCUT2D eigenvalue weighted by Crippen LogP contribution is -2.60. The summed E-state index contributed by atoms with van der Waals surface area (Å²) in [6.07, 6.45) is 9.31. The first-order valence-corrected chi connectivity index (χ1v) is 17.1. The van der Waals surface area contributed by atoms with Gasteiger partial charge in [0.15, 0.2) is 0 Å². The predicted molar refractivity (Wildman–Crippen MR) is 173 cm³/mol. The van der Waals surface area contributed by atoms with Crippen LogP contribution in [-0.2, 0) is 14.4 Å². The number of alkyl halides is 1. The Morgan fingerprint density at radius 2 is 1.79 bits per heavy atom. The van der Waals surface area contributed by atoms with Crippen molar-refractivity contribution in [1.29, 1.82) is 0 Å². The number of amides is 3. The van der Waals surface area contributed by atoms with E-state index in [4.69, 9.17) is 0 Å². The maximum absolute atomic E-state index is 14.9. The minimum atomic E-state index is -0.764. The molecule has 7 nitrogen and oxygen atoms in total. The van der Waals surface area contributed by atoms with Crippen LogP contribution in [0.15, 0.2) is 55.6 Å². The van der Waals surface area contributed by atoms with Crippen molar-refractivity contribution in [1.82, 2.24) is 9.80 Å². The van der Waals surface area contributed by atoms with Gasteiger partial charge < -0.3 is 19.8 Å². The molecule has 228 valence electrons. The molecule has 3 saturated heterocycles. The lowest BCUT2D eigenvalue weighted by Gasteiger charge is -2.43. The number of rotatable bonds is 11. The number of anilines is 1. The molecule has 1 spiro atoms. The molecular weight excluding hydrogens is 614 g/mol. The van der Waals surface area contributed by atoms with E-state index in [1.54, 1.807) is 33.7 Å². The van der Waals surface area contributed by atoms with Crippen LogP contribution in [0.4, 0.5) is 5.69 Å². The van der Waals surface area contributed by atoms with Crippen LogP contribution >= 0.6 is 27.7 Å². The first kappa shape index (κ1) is 31.3. The van der Waals surface area contributed by atoms with Crippen molar-refractivity contribution < 1.29 is 19.5 Å². The number of hydrogen-bond acceptors (Lipinski definition) is 5. The van der Waals surface area contributed by atoms with Gasteiger partial charge in [0.25, 0.3) is 0 Å². The summed E-state index contributed by atoms with van der Waals surface area (Å²) >= 11 is 5.54. The summed E-state index contributed by atoms with van der Waals surface area (Å²) < 4.78 is -0.764. The Hall–Kier alpha value is -2.10. The van der Waals surface area contributed by atoms with Crippen LogP contribution < -0.4 is 4.90 Å². The van der Waals surface area contributed by atoms with Gasteiger partial charge >= 0.3 is 0 Å². The Balaban J connectivity index is 1.60. The van der Waals surface area contributed by atoms with Gasteiger partial charge in [-0.15, -0.1) is 24.9 Å². The van der Waals surface area contributed by atoms with E-state index in [-0.39, 0.29) is 46.4 Å². The normalized spacial score (nSPS) is 31.2. The highest BCUT2D eigenvalue weighted by Crippen LogP contribution is 2.68. The molecule has 1 aromatic carbocycles. The number of fused-ring (bicyclic) bond motifs is 1. The maximum atomic E-state index is 14.9. The van der Waals surface area contributed by atoms with E-state index < -0.39 is 28.7 Å². The summed E-state index contributed by atoms with van der Waals surface area (Å²) in [7, 11) is 0. The van der Waals surface area contributed by atoms with E-state index in [0.717, 1.165) is 31.4 Å². The molecule has 1 saturated carbocycles. The Labute approximate surface area is 262 Å². The molecule has 3 aliphatic heterocycles. The van der Waals surface area contributed by atoms with Crippen molar-refractivity contribution in [2.24, 2.45) is 17.8 Å². The molecule has 42 heavy (non-hydrogen) atoms. The van der Waals surface area contributed by atoms with Gasteiger partial charge in [0.2, 0.25) is 17.7 Å². The van der Waals surface area contributed by atoms with Crippen molar-refractivity contribution in [3.05, 3.63) is 55.6 Å². The van der Waals surface area contributed by atoms with Gasteiger partial charge in [-0.25, -0.2) is 0 Å². The largest absolute Gasteiger partial charge is 0.394 e. The summed E-state index contributed by atoms with van der Waals surface area (Å²) in [5.74, 6) is -1.67. The molecule has 0 radical (unpaired) electrons. The quantitative estimate of drug-likeness (QED) is 0.267. The molecule has 3 heterocycles.